The van der Waals surface area contributed by atoms with Crippen LogP contribution in [0.4, 0.5) is 5.13 Å². The fourth-order valence-electron chi connectivity index (χ4n) is 1.22. The quantitative estimate of drug-likeness (QED) is 0.763. The maximum Gasteiger partial charge on any atom is 0.183 e. The van der Waals surface area contributed by atoms with Crippen molar-refractivity contribution in [1.82, 2.24) is 4.98 Å². The van der Waals surface area contributed by atoms with Crippen molar-refractivity contribution in [3.63, 3.8) is 0 Å². The highest BCUT2D eigenvalue weighted by Crippen LogP contribution is 2.17. The molecule has 0 aliphatic rings. The minimum absolute atomic E-state index is 0.268. The normalized spacial score (nSPS) is 12.8. The van der Waals surface area contributed by atoms with Crippen molar-refractivity contribution >= 4 is 16.5 Å². The van der Waals surface area contributed by atoms with Gasteiger partial charge in [-0.2, -0.15) is 0 Å². The molecule has 1 rings (SSSR count). The van der Waals surface area contributed by atoms with E-state index in [1.165, 1.54) is 0 Å². The molecule has 0 aliphatic heterocycles. The predicted molar refractivity (Wildman–Crippen MR) is 60.9 cm³/mol. The Balaban J connectivity index is 2.35. The maximum atomic E-state index is 8.68. The number of aryl methyl sites for hydroxylation is 1. The molecule has 0 radical (unpaired) electrons. The topological polar surface area (TPSA) is 45.1 Å². The van der Waals surface area contributed by atoms with Gasteiger partial charge in [0, 0.05) is 18.0 Å². The lowest BCUT2D eigenvalue weighted by Crippen LogP contribution is -2.15. The summed E-state index contributed by atoms with van der Waals surface area (Å²) in [5.41, 5.74) is 1.15. The van der Waals surface area contributed by atoms with E-state index in [2.05, 4.69) is 29.5 Å². The molecule has 1 aromatic rings. The third kappa shape index (κ3) is 3.64. The van der Waals surface area contributed by atoms with Crippen LogP contribution in [0.1, 0.15) is 32.4 Å². The molecular weight excluding hydrogens is 196 g/mol. The number of aliphatic hydroxyl groups is 1. The summed E-state index contributed by atoms with van der Waals surface area (Å²) in [7, 11) is 0. The summed E-state index contributed by atoms with van der Waals surface area (Å²) in [5.74, 6) is 0. The Morgan fingerprint density at radius 1 is 1.64 bits per heavy atom. The van der Waals surface area contributed by atoms with Crippen LogP contribution >= 0.6 is 11.3 Å². The monoisotopic (exact) mass is 214 g/mol. The Hall–Kier alpha value is -0.610. The van der Waals surface area contributed by atoms with Crippen LogP contribution in [0.3, 0.4) is 0 Å². The summed E-state index contributed by atoms with van der Waals surface area (Å²) in [6.07, 6.45) is 2.82. The fraction of sp³-hybridized carbons (Fsp3) is 0.700. The molecule has 1 atom stereocenters. The largest absolute Gasteiger partial charge is 0.396 e. The number of nitrogens with zero attached hydrogens (tertiary/aromatic N) is 1. The zero-order chi connectivity index (χ0) is 10.4. The number of nitrogens with one attached hydrogen (secondary N) is 1. The van der Waals surface area contributed by atoms with Gasteiger partial charge in [-0.25, -0.2) is 4.98 Å². The van der Waals surface area contributed by atoms with E-state index >= 15 is 0 Å². The van der Waals surface area contributed by atoms with Gasteiger partial charge in [0.25, 0.3) is 0 Å². The van der Waals surface area contributed by atoms with Gasteiger partial charge in [0.05, 0.1) is 5.69 Å². The molecule has 0 saturated carbocycles. The number of hydrogen-bond donors (Lipinski definition) is 2. The first-order chi connectivity index (χ1) is 6.76. The molecule has 2 N–H and O–H groups in total. The molecule has 0 bridgehead atoms. The van der Waals surface area contributed by atoms with Crippen molar-refractivity contribution in [3.05, 3.63) is 11.1 Å². The molecule has 1 aromatic heterocycles. The Kier molecular flexibility index (Phi) is 4.90. The molecule has 0 aliphatic carbocycles. The molecule has 0 spiro atoms. The standard InChI is InChI=1S/C10H18N2OS/c1-3-9-7-14-10(12-9)11-8(2)5-4-6-13/h7-8,13H,3-6H2,1-2H3,(H,11,12). The molecular formula is C10H18N2OS. The number of aromatic nitrogens is 1. The third-order valence-corrected chi connectivity index (χ3v) is 2.90. The van der Waals surface area contributed by atoms with Gasteiger partial charge in [-0.3, -0.25) is 0 Å². The highest BCUT2D eigenvalue weighted by Gasteiger charge is 2.04. The number of hydrogen-bond acceptors (Lipinski definition) is 4. The minimum atomic E-state index is 0.268. The van der Waals surface area contributed by atoms with Crippen LogP contribution in [0, 0.1) is 0 Å². The number of aliphatic hydroxyl groups excluding tert-OH is 1. The second-order valence-electron chi connectivity index (χ2n) is 3.41. The Morgan fingerprint density at radius 3 is 3.00 bits per heavy atom. The molecule has 4 heteroatoms. The zero-order valence-corrected chi connectivity index (χ0v) is 9.60. The maximum absolute atomic E-state index is 8.68. The predicted octanol–water partition coefficient (Wildman–Crippen LogP) is 2.28. The second kappa shape index (κ2) is 5.98. The van der Waals surface area contributed by atoms with Crippen molar-refractivity contribution in [2.24, 2.45) is 0 Å². The van der Waals surface area contributed by atoms with Crippen molar-refractivity contribution in [1.29, 1.82) is 0 Å². The molecule has 1 unspecified atom stereocenters. The van der Waals surface area contributed by atoms with Crippen LogP contribution in [0.25, 0.3) is 0 Å². The van der Waals surface area contributed by atoms with E-state index in [1.807, 2.05) is 0 Å². The summed E-state index contributed by atoms with van der Waals surface area (Å²) in [6.45, 7) is 4.49. The Bertz CT molecular complexity index is 262. The average Bonchev–Trinajstić information content (AvgIpc) is 2.62. The van der Waals surface area contributed by atoms with Crippen LogP contribution in [-0.4, -0.2) is 22.7 Å². The van der Waals surface area contributed by atoms with E-state index < -0.39 is 0 Å². The molecule has 14 heavy (non-hydrogen) atoms. The van der Waals surface area contributed by atoms with E-state index in [-0.39, 0.29) is 6.61 Å². The molecule has 0 fully saturated rings. The number of anilines is 1. The number of thiazole rings is 1. The number of rotatable bonds is 6. The zero-order valence-electron chi connectivity index (χ0n) is 8.79. The van der Waals surface area contributed by atoms with Gasteiger partial charge in [-0.05, 0) is 26.2 Å². The highest BCUT2D eigenvalue weighted by atomic mass is 32.1. The summed E-state index contributed by atoms with van der Waals surface area (Å²) in [4.78, 5) is 4.42. The first-order valence-electron chi connectivity index (χ1n) is 5.08. The van der Waals surface area contributed by atoms with Crippen LogP contribution in [-0.2, 0) is 6.42 Å². The van der Waals surface area contributed by atoms with Gasteiger partial charge < -0.3 is 10.4 Å². The average molecular weight is 214 g/mol. The van der Waals surface area contributed by atoms with Crippen LogP contribution < -0.4 is 5.32 Å². The van der Waals surface area contributed by atoms with E-state index in [1.54, 1.807) is 11.3 Å². The van der Waals surface area contributed by atoms with Crippen LogP contribution in [0.15, 0.2) is 5.38 Å². The van der Waals surface area contributed by atoms with Gasteiger partial charge in [0.15, 0.2) is 5.13 Å². The van der Waals surface area contributed by atoms with Crippen molar-refractivity contribution < 1.29 is 5.11 Å². The van der Waals surface area contributed by atoms with Gasteiger partial charge in [-0.1, -0.05) is 6.92 Å². The summed E-state index contributed by atoms with van der Waals surface area (Å²) in [6, 6.07) is 0.387. The smallest absolute Gasteiger partial charge is 0.183 e. The van der Waals surface area contributed by atoms with Crippen LogP contribution in [0.2, 0.25) is 0 Å². The van der Waals surface area contributed by atoms with E-state index in [4.69, 9.17) is 5.11 Å². The van der Waals surface area contributed by atoms with Gasteiger partial charge >= 0.3 is 0 Å². The van der Waals surface area contributed by atoms with E-state index in [9.17, 15) is 0 Å². The lowest BCUT2D eigenvalue weighted by atomic mass is 10.2. The molecule has 0 saturated heterocycles. The lowest BCUT2D eigenvalue weighted by molar-refractivity contribution is 0.282. The SMILES string of the molecule is CCc1csc(NC(C)CCCO)n1. The fourth-order valence-corrected chi connectivity index (χ4v) is 2.12. The molecule has 80 valence electrons. The Morgan fingerprint density at radius 2 is 2.43 bits per heavy atom. The van der Waals surface area contributed by atoms with Gasteiger partial charge in [0.1, 0.15) is 0 Å². The van der Waals surface area contributed by atoms with Crippen LogP contribution in [0.5, 0.6) is 0 Å². The second-order valence-corrected chi connectivity index (χ2v) is 4.27. The summed E-state index contributed by atoms with van der Waals surface area (Å²) >= 11 is 1.65. The minimum Gasteiger partial charge on any atom is -0.396 e. The molecule has 0 aromatic carbocycles. The summed E-state index contributed by atoms with van der Waals surface area (Å²) < 4.78 is 0. The van der Waals surface area contributed by atoms with Gasteiger partial charge in [-0.15, -0.1) is 11.3 Å². The van der Waals surface area contributed by atoms with E-state index in [0.717, 1.165) is 30.1 Å². The van der Waals surface area contributed by atoms with E-state index in [0.29, 0.717) is 6.04 Å². The van der Waals surface area contributed by atoms with Crippen molar-refractivity contribution in [2.45, 2.75) is 39.2 Å². The first-order valence-corrected chi connectivity index (χ1v) is 5.96. The first kappa shape index (κ1) is 11.5. The van der Waals surface area contributed by atoms with Gasteiger partial charge in [0.2, 0.25) is 0 Å². The third-order valence-electron chi connectivity index (χ3n) is 2.08. The Labute approximate surface area is 89.2 Å². The lowest BCUT2D eigenvalue weighted by Gasteiger charge is -2.11. The van der Waals surface area contributed by atoms with Crippen molar-refractivity contribution in [3.8, 4) is 0 Å². The molecule has 1 heterocycles. The summed E-state index contributed by atoms with van der Waals surface area (Å²) in [5, 5.41) is 15.1. The highest BCUT2D eigenvalue weighted by molar-refractivity contribution is 7.13. The molecule has 3 nitrogen and oxygen atoms in total. The molecule has 0 amide bonds. The van der Waals surface area contributed by atoms with Crippen molar-refractivity contribution in [2.75, 3.05) is 11.9 Å².